The second-order valence-corrected chi connectivity index (χ2v) is 10.3. The number of rotatable bonds is 4. The lowest BCUT2D eigenvalue weighted by molar-refractivity contribution is -0.138. The Morgan fingerprint density at radius 3 is 2.30 bits per heavy atom. The summed E-state index contributed by atoms with van der Waals surface area (Å²) in [7, 11) is 0. The molecule has 0 spiro atoms. The molecule has 33 heavy (non-hydrogen) atoms. The Morgan fingerprint density at radius 2 is 1.67 bits per heavy atom. The van der Waals surface area contributed by atoms with Crippen LogP contribution >= 0.6 is 0 Å². The molecule has 1 saturated carbocycles. The average molecular weight is 462 g/mol. The van der Waals surface area contributed by atoms with E-state index in [1.165, 1.54) is 36.3 Å². The predicted molar refractivity (Wildman–Crippen MR) is 123 cm³/mol. The van der Waals surface area contributed by atoms with Gasteiger partial charge in [-0.05, 0) is 64.3 Å². The van der Waals surface area contributed by atoms with Crippen molar-refractivity contribution < 1.29 is 23.5 Å². The summed E-state index contributed by atoms with van der Waals surface area (Å²) < 4.78 is 25.1. The number of hydrogen-bond donors (Lipinski definition) is 0. The van der Waals surface area contributed by atoms with Gasteiger partial charge in [0.25, 0.3) is 0 Å². The Bertz CT molecular complexity index is 837. The van der Waals surface area contributed by atoms with Crippen LogP contribution in [0.2, 0.25) is 0 Å². The average Bonchev–Trinajstić information content (AvgIpc) is 2.97. The minimum Gasteiger partial charge on any atom is -0.488 e. The molecule has 3 fully saturated rings. The van der Waals surface area contributed by atoms with Gasteiger partial charge in [-0.25, -0.2) is 9.18 Å². The fraction of sp³-hybridized carbons (Fsp3) is 0.680. The summed E-state index contributed by atoms with van der Waals surface area (Å²) in [4.78, 5) is 32.6. The third kappa shape index (κ3) is 5.78. The molecule has 2 saturated heterocycles. The molecule has 2 heterocycles. The quantitative estimate of drug-likeness (QED) is 0.685. The van der Waals surface area contributed by atoms with Gasteiger partial charge in [-0.3, -0.25) is 14.6 Å². The molecule has 0 N–H and O–H groups in total. The molecule has 3 aliphatic rings. The summed E-state index contributed by atoms with van der Waals surface area (Å²) in [5.74, 6) is 0.0376. The third-order valence-corrected chi connectivity index (χ3v) is 6.76. The first-order chi connectivity index (χ1) is 15.7. The summed E-state index contributed by atoms with van der Waals surface area (Å²) in [6.07, 6.45) is 4.20. The standard InChI is InChI=1S/C25H36FN3O4/c1-25(2,3)33-24(31)29-15-12-21(32-20-10-8-18(26)9-11-20)22(29)23(30)28-14-5-13-27(16-17-28)19-6-4-7-19/h8-11,19,21-22H,4-7,12-17H2,1-3H3/t21?,22-/m0/s1. The lowest BCUT2D eigenvalue weighted by Crippen LogP contribution is -2.54. The zero-order valence-electron chi connectivity index (χ0n) is 20.0. The number of carbonyl (C=O) groups is 2. The van der Waals surface area contributed by atoms with Crippen molar-refractivity contribution in [2.24, 2.45) is 0 Å². The minimum atomic E-state index is -0.764. The Balaban J connectivity index is 1.50. The number of amides is 2. The number of ether oxygens (including phenoxy) is 2. The minimum absolute atomic E-state index is 0.0964. The highest BCUT2D eigenvalue weighted by molar-refractivity contribution is 5.87. The van der Waals surface area contributed by atoms with Gasteiger partial charge in [-0.1, -0.05) is 6.42 Å². The van der Waals surface area contributed by atoms with Gasteiger partial charge in [0, 0.05) is 45.2 Å². The molecule has 7 nitrogen and oxygen atoms in total. The maximum Gasteiger partial charge on any atom is 0.411 e. The molecule has 8 heteroatoms. The molecule has 0 aromatic heterocycles. The molecule has 182 valence electrons. The van der Waals surface area contributed by atoms with Crippen molar-refractivity contribution in [1.29, 1.82) is 0 Å². The maximum atomic E-state index is 13.8. The van der Waals surface area contributed by atoms with Gasteiger partial charge in [-0.15, -0.1) is 0 Å². The summed E-state index contributed by atoms with van der Waals surface area (Å²) in [5.41, 5.74) is -0.660. The Hall–Kier alpha value is -2.35. The van der Waals surface area contributed by atoms with E-state index in [9.17, 15) is 14.0 Å². The number of benzene rings is 1. The maximum absolute atomic E-state index is 13.8. The fourth-order valence-electron chi connectivity index (χ4n) is 4.85. The number of likely N-dealkylation sites (tertiary alicyclic amines) is 1. The van der Waals surface area contributed by atoms with Crippen molar-refractivity contribution >= 4 is 12.0 Å². The SMILES string of the molecule is CC(C)(C)OC(=O)N1CCC(Oc2ccc(F)cc2)[C@H]1C(=O)N1CCCN(C2CCC2)CC1. The van der Waals surface area contributed by atoms with Crippen molar-refractivity contribution in [1.82, 2.24) is 14.7 Å². The second kappa shape index (κ2) is 9.87. The van der Waals surface area contributed by atoms with E-state index in [0.717, 1.165) is 19.5 Å². The molecule has 4 rings (SSSR count). The van der Waals surface area contributed by atoms with Crippen molar-refractivity contribution in [3.05, 3.63) is 30.1 Å². The van der Waals surface area contributed by atoms with Crippen molar-refractivity contribution in [2.75, 3.05) is 32.7 Å². The Kier molecular flexibility index (Phi) is 7.12. The van der Waals surface area contributed by atoms with Gasteiger partial charge in [0.15, 0.2) is 6.04 Å². The normalized spacial score (nSPS) is 24.8. The fourth-order valence-corrected chi connectivity index (χ4v) is 4.85. The van der Waals surface area contributed by atoms with Crippen LogP contribution in [0.1, 0.15) is 52.9 Å². The molecule has 1 unspecified atom stereocenters. The van der Waals surface area contributed by atoms with Crippen LogP contribution in [-0.4, -0.2) is 83.2 Å². The summed E-state index contributed by atoms with van der Waals surface area (Å²) in [5, 5.41) is 0. The first-order valence-corrected chi connectivity index (χ1v) is 12.2. The van der Waals surface area contributed by atoms with Crippen LogP contribution in [0.4, 0.5) is 9.18 Å². The van der Waals surface area contributed by atoms with E-state index in [0.29, 0.717) is 37.8 Å². The smallest absolute Gasteiger partial charge is 0.411 e. The van der Waals surface area contributed by atoms with E-state index in [1.54, 1.807) is 12.1 Å². The Labute approximate surface area is 195 Å². The van der Waals surface area contributed by atoms with E-state index in [2.05, 4.69) is 4.90 Å². The molecule has 0 bridgehead atoms. The molecule has 0 radical (unpaired) electrons. The molecule has 1 aliphatic carbocycles. The van der Waals surface area contributed by atoms with Crippen LogP contribution in [-0.2, 0) is 9.53 Å². The number of nitrogens with zero attached hydrogens (tertiary/aromatic N) is 3. The Morgan fingerprint density at radius 1 is 0.939 bits per heavy atom. The van der Waals surface area contributed by atoms with Crippen LogP contribution in [0.5, 0.6) is 5.75 Å². The number of halogens is 1. The van der Waals surface area contributed by atoms with Crippen molar-refractivity contribution in [3.8, 4) is 5.75 Å². The molecular weight excluding hydrogens is 425 g/mol. The highest BCUT2D eigenvalue weighted by Crippen LogP contribution is 2.29. The predicted octanol–water partition coefficient (Wildman–Crippen LogP) is 3.67. The lowest BCUT2D eigenvalue weighted by atomic mass is 9.91. The van der Waals surface area contributed by atoms with Gasteiger partial charge < -0.3 is 14.4 Å². The summed E-state index contributed by atoms with van der Waals surface area (Å²) in [6.45, 7) is 9.00. The van der Waals surface area contributed by atoms with E-state index in [4.69, 9.17) is 9.47 Å². The van der Waals surface area contributed by atoms with Crippen LogP contribution in [0, 0.1) is 5.82 Å². The highest BCUT2D eigenvalue weighted by Gasteiger charge is 2.46. The molecule has 1 aromatic rings. The van der Waals surface area contributed by atoms with E-state index in [-0.39, 0.29) is 11.7 Å². The molecule has 2 atom stereocenters. The second-order valence-electron chi connectivity index (χ2n) is 10.3. The third-order valence-electron chi connectivity index (χ3n) is 6.76. The topological polar surface area (TPSA) is 62.3 Å². The van der Waals surface area contributed by atoms with Gasteiger partial charge in [0.05, 0.1) is 0 Å². The monoisotopic (exact) mass is 461 g/mol. The number of carbonyl (C=O) groups excluding carboxylic acids is 2. The van der Waals surface area contributed by atoms with Gasteiger partial charge in [0.2, 0.25) is 5.91 Å². The van der Waals surface area contributed by atoms with Crippen molar-refractivity contribution in [2.45, 2.75) is 76.7 Å². The first-order valence-electron chi connectivity index (χ1n) is 12.2. The molecule has 2 amide bonds. The lowest BCUT2D eigenvalue weighted by Gasteiger charge is -2.37. The van der Waals surface area contributed by atoms with Crippen LogP contribution in [0.3, 0.4) is 0 Å². The zero-order valence-corrected chi connectivity index (χ0v) is 20.0. The van der Waals surface area contributed by atoms with E-state index < -0.39 is 23.8 Å². The van der Waals surface area contributed by atoms with Gasteiger partial charge in [0.1, 0.15) is 23.3 Å². The largest absolute Gasteiger partial charge is 0.488 e. The molecule has 1 aromatic carbocycles. The summed E-state index contributed by atoms with van der Waals surface area (Å²) in [6, 6.07) is 5.65. The molecule has 2 aliphatic heterocycles. The van der Waals surface area contributed by atoms with Gasteiger partial charge in [-0.2, -0.15) is 0 Å². The van der Waals surface area contributed by atoms with E-state index in [1.807, 2.05) is 25.7 Å². The highest BCUT2D eigenvalue weighted by atomic mass is 19.1. The summed E-state index contributed by atoms with van der Waals surface area (Å²) >= 11 is 0. The zero-order chi connectivity index (χ0) is 23.6. The first kappa shape index (κ1) is 23.8. The van der Waals surface area contributed by atoms with Crippen LogP contribution < -0.4 is 4.74 Å². The van der Waals surface area contributed by atoms with Crippen molar-refractivity contribution in [3.63, 3.8) is 0 Å². The van der Waals surface area contributed by atoms with Crippen LogP contribution in [0.15, 0.2) is 24.3 Å². The van der Waals surface area contributed by atoms with E-state index >= 15 is 0 Å². The van der Waals surface area contributed by atoms with Gasteiger partial charge >= 0.3 is 6.09 Å². The molecular formula is C25H36FN3O4. The number of hydrogen-bond acceptors (Lipinski definition) is 5. The van der Waals surface area contributed by atoms with Crippen LogP contribution in [0.25, 0.3) is 0 Å².